The minimum atomic E-state index is -1.09. The molecular weight excluding hydrogens is 466 g/mol. The second-order valence-electron chi connectivity index (χ2n) is 9.94. The zero-order chi connectivity index (χ0) is 25.7. The third-order valence-electron chi connectivity index (χ3n) is 7.90. The predicted octanol–water partition coefficient (Wildman–Crippen LogP) is 0.210. The number of hydrogen-bond acceptors (Lipinski definition) is 8. The number of nitrogens with zero attached hydrogens (tertiary/aromatic N) is 3. The summed E-state index contributed by atoms with van der Waals surface area (Å²) in [5, 5.41) is 9.74. The Balaban J connectivity index is 1.54. The number of morpholine rings is 1. The fourth-order valence-electron chi connectivity index (χ4n) is 6.25. The summed E-state index contributed by atoms with van der Waals surface area (Å²) < 4.78 is 17.3. The van der Waals surface area contributed by atoms with Gasteiger partial charge in [-0.2, -0.15) is 0 Å². The summed E-state index contributed by atoms with van der Waals surface area (Å²) in [5.74, 6) is -2.52. The third kappa shape index (κ3) is 4.96. The quantitative estimate of drug-likeness (QED) is 0.215. The summed E-state index contributed by atoms with van der Waals surface area (Å²) in [6.07, 6.45) is 5.49. The van der Waals surface area contributed by atoms with E-state index < -0.39 is 35.6 Å². The van der Waals surface area contributed by atoms with Crippen LogP contribution in [0.3, 0.4) is 0 Å². The Kier molecular flexibility index (Phi) is 8.82. The number of amides is 2. The lowest BCUT2D eigenvalue weighted by Crippen LogP contribution is -2.57. The van der Waals surface area contributed by atoms with Gasteiger partial charge in [-0.3, -0.25) is 19.3 Å². The summed E-state index contributed by atoms with van der Waals surface area (Å²) in [6.45, 7) is 11.9. The predicted molar refractivity (Wildman–Crippen MR) is 131 cm³/mol. The Morgan fingerprint density at radius 2 is 2.00 bits per heavy atom. The van der Waals surface area contributed by atoms with Gasteiger partial charge in [-0.15, -0.1) is 13.2 Å². The van der Waals surface area contributed by atoms with Crippen LogP contribution in [0.4, 0.5) is 0 Å². The van der Waals surface area contributed by atoms with Gasteiger partial charge in [-0.05, 0) is 25.7 Å². The highest BCUT2D eigenvalue weighted by Gasteiger charge is 2.75. The van der Waals surface area contributed by atoms with E-state index in [2.05, 4.69) is 18.1 Å². The molecule has 2 amide bonds. The lowest BCUT2D eigenvalue weighted by atomic mass is 9.70. The van der Waals surface area contributed by atoms with Crippen LogP contribution in [0.2, 0.25) is 0 Å². The number of carbonyl (C=O) groups is 3. The van der Waals surface area contributed by atoms with E-state index in [-0.39, 0.29) is 31.6 Å². The standard InChI is InChI=1S/C26H39N3O7/c1-3-5-6-16-35-25(33)20-19-7-8-26(36-19)21(20)23(31)29(12-15-30)22(26)24(32)28(9-4-2)11-10-27-13-17-34-18-14-27/h3-4,19-22,30H,1-2,5-18H2/t19-,20+,21+,22?,26?/m1/s1. The summed E-state index contributed by atoms with van der Waals surface area (Å²) in [5.41, 5.74) is -1.09. The first kappa shape index (κ1) is 26.8. The highest BCUT2D eigenvalue weighted by atomic mass is 16.6. The molecule has 200 valence electrons. The minimum absolute atomic E-state index is 0.00795. The van der Waals surface area contributed by atoms with Crippen LogP contribution in [0.5, 0.6) is 0 Å². The summed E-state index contributed by atoms with van der Waals surface area (Å²) >= 11 is 0. The number of β-amino-alcohol motifs (C(OH)–C–C–N with tert-alkyl or cyclic N) is 1. The molecule has 2 bridgehead atoms. The topological polar surface area (TPSA) is 109 Å². The molecule has 2 unspecified atom stereocenters. The maximum absolute atomic E-state index is 14.0. The molecule has 0 radical (unpaired) electrons. The van der Waals surface area contributed by atoms with E-state index in [0.717, 1.165) is 19.5 Å². The Hall–Kier alpha value is -2.27. The second-order valence-corrected chi connectivity index (χ2v) is 9.94. The van der Waals surface area contributed by atoms with Crippen molar-refractivity contribution >= 4 is 17.8 Å². The van der Waals surface area contributed by atoms with Crippen molar-refractivity contribution < 1.29 is 33.7 Å². The second kappa shape index (κ2) is 11.9. The zero-order valence-electron chi connectivity index (χ0n) is 21.0. The maximum atomic E-state index is 14.0. The van der Waals surface area contributed by atoms with E-state index in [1.165, 1.54) is 4.90 Å². The number of esters is 1. The number of fused-ring (bicyclic) bond motifs is 1. The first-order valence-corrected chi connectivity index (χ1v) is 13.0. The number of ether oxygens (including phenoxy) is 3. The monoisotopic (exact) mass is 505 g/mol. The lowest BCUT2D eigenvalue weighted by Gasteiger charge is -2.37. The molecule has 4 saturated heterocycles. The van der Waals surface area contributed by atoms with Crippen molar-refractivity contribution in [2.24, 2.45) is 11.8 Å². The van der Waals surface area contributed by atoms with Crippen LogP contribution in [0.25, 0.3) is 0 Å². The van der Waals surface area contributed by atoms with Crippen molar-refractivity contribution in [3.63, 3.8) is 0 Å². The number of hydrogen-bond donors (Lipinski definition) is 1. The number of allylic oxidation sites excluding steroid dienone is 1. The summed E-state index contributed by atoms with van der Waals surface area (Å²) in [6, 6.07) is -0.893. The number of unbranched alkanes of at least 4 members (excludes halogenated alkanes) is 1. The molecule has 4 heterocycles. The molecule has 0 aliphatic carbocycles. The van der Waals surface area contributed by atoms with Crippen molar-refractivity contribution in [3.8, 4) is 0 Å². The lowest BCUT2D eigenvalue weighted by molar-refractivity contribution is -0.155. The first-order valence-electron chi connectivity index (χ1n) is 13.0. The highest BCUT2D eigenvalue weighted by molar-refractivity contribution is 5.98. The molecule has 4 aliphatic heterocycles. The Morgan fingerprint density at radius 3 is 2.69 bits per heavy atom. The summed E-state index contributed by atoms with van der Waals surface area (Å²) in [7, 11) is 0. The number of likely N-dealkylation sites (tertiary alicyclic amines) is 1. The van der Waals surface area contributed by atoms with Crippen molar-refractivity contribution in [1.82, 2.24) is 14.7 Å². The Bertz CT molecular complexity index is 845. The number of aliphatic hydroxyl groups excluding tert-OH is 1. The molecule has 1 spiro atoms. The molecule has 36 heavy (non-hydrogen) atoms. The van der Waals surface area contributed by atoms with Crippen LogP contribution >= 0.6 is 0 Å². The van der Waals surface area contributed by atoms with Gasteiger partial charge in [0.2, 0.25) is 11.8 Å². The molecule has 1 N–H and O–H groups in total. The van der Waals surface area contributed by atoms with Gasteiger partial charge in [0.1, 0.15) is 11.6 Å². The Labute approximate surface area is 212 Å². The van der Waals surface area contributed by atoms with Crippen molar-refractivity contribution in [2.45, 2.75) is 43.4 Å². The molecule has 0 aromatic rings. The normalized spacial score (nSPS) is 31.4. The van der Waals surface area contributed by atoms with Crippen LogP contribution in [-0.4, -0.2) is 121 Å². The van der Waals surface area contributed by atoms with E-state index in [0.29, 0.717) is 52.1 Å². The van der Waals surface area contributed by atoms with Crippen LogP contribution < -0.4 is 0 Å². The third-order valence-corrected chi connectivity index (χ3v) is 7.90. The van der Waals surface area contributed by atoms with Gasteiger partial charge in [-0.1, -0.05) is 12.2 Å². The van der Waals surface area contributed by atoms with E-state index in [1.54, 1.807) is 17.1 Å². The molecule has 5 atom stereocenters. The van der Waals surface area contributed by atoms with Crippen LogP contribution in [0.1, 0.15) is 25.7 Å². The van der Waals surface area contributed by atoms with Gasteiger partial charge in [0, 0.05) is 39.3 Å². The molecule has 10 heteroatoms. The van der Waals surface area contributed by atoms with Gasteiger partial charge in [-0.25, -0.2) is 0 Å². The molecule has 4 fully saturated rings. The maximum Gasteiger partial charge on any atom is 0.312 e. The minimum Gasteiger partial charge on any atom is -0.465 e. The van der Waals surface area contributed by atoms with Crippen LogP contribution in [0, 0.1) is 11.8 Å². The fourth-order valence-corrected chi connectivity index (χ4v) is 6.25. The van der Waals surface area contributed by atoms with Gasteiger partial charge >= 0.3 is 5.97 Å². The zero-order valence-corrected chi connectivity index (χ0v) is 21.0. The molecule has 4 rings (SSSR count). The number of carbonyl (C=O) groups excluding carboxylic acids is 3. The largest absolute Gasteiger partial charge is 0.465 e. The molecule has 0 aromatic carbocycles. The molecule has 0 saturated carbocycles. The SMILES string of the molecule is C=CCCCOC(=O)[C@@H]1[C@H]2C(=O)N(CCO)C(C(=O)N(CC=C)CCN3CCOCC3)C23CC[C@H]1O3. The van der Waals surface area contributed by atoms with Gasteiger partial charge < -0.3 is 29.1 Å². The van der Waals surface area contributed by atoms with Crippen molar-refractivity contribution in [3.05, 3.63) is 25.3 Å². The summed E-state index contributed by atoms with van der Waals surface area (Å²) in [4.78, 5) is 46.1. The smallest absolute Gasteiger partial charge is 0.312 e. The average Bonchev–Trinajstić information content (AvgIpc) is 3.52. The van der Waals surface area contributed by atoms with E-state index >= 15 is 0 Å². The van der Waals surface area contributed by atoms with E-state index in [4.69, 9.17) is 14.2 Å². The van der Waals surface area contributed by atoms with Crippen molar-refractivity contribution in [2.75, 3.05) is 65.7 Å². The number of rotatable bonds is 13. The molecular formula is C26H39N3O7. The fraction of sp³-hybridized carbons (Fsp3) is 0.731. The van der Waals surface area contributed by atoms with Crippen LogP contribution in [-0.2, 0) is 28.6 Å². The van der Waals surface area contributed by atoms with E-state index in [9.17, 15) is 19.5 Å². The Morgan fingerprint density at radius 1 is 1.22 bits per heavy atom. The molecule has 0 aromatic heterocycles. The average molecular weight is 506 g/mol. The highest BCUT2D eigenvalue weighted by Crippen LogP contribution is 2.58. The van der Waals surface area contributed by atoms with Crippen LogP contribution in [0.15, 0.2) is 25.3 Å². The van der Waals surface area contributed by atoms with Crippen molar-refractivity contribution in [1.29, 1.82) is 0 Å². The van der Waals surface area contributed by atoms with Gasteiger partial charge in [0.15, 0.2) is 0 Å². The first-order chi connectivity index (χ1) is 17.5. The number of aliphatic hydroxyl groups is 1. The van der Waals surface area contributed by atoms with Gasteiger partial charge in [0.05, 0.1) is 44.4 Å². The van der Waals surface area contributed by atoms with E-state index in [1.807, 2.05) is 0 Å². The molecule has 10 nitrogen and oxygen atoms in total. The molecule has 4 aliphatic rings. The van der Waals surface area contributed by atoms with Gasteiger partial charge in [0.25, 0.3) is 0 Å².